The molecule has 7 heteroatoms. The molecule has 0 aromatic heterocycles. The van der Waals surface area contributed by atoms with Crippen LogP contribution >= 0.6 is 30.5 Å². The van der Waals surface area contributed by atoms with E-state index in [0.717, 1.165) is 50.4 Å². The van der Waals surface area contributed by atoms with Crippen LogP contribution < -0.4 is 5.09 Å². The Hall–Kier alpha value is -1.39. The summed E-state index contributed by atoms with van der Waals surface area (Å²) < 4.78 is 19.2. The van der Waals surface area contributed by atoms with Crippen molar-refractivity contribution in [1.29, 1.82) is 0 Å². The monoisotopic (exact) mass is 464 g/mol. The second kappa shape index (κ2) is 11.9. The van der Waals surface area contributed by atoms with Crippen molar-refractivity contribution < 1.29 is 9.30 Å². The van der Waals surface area contributed by atoms with Crippen molar-refractivity contribution in [3.05, 3.63) is 83.4 Å². The zero-order valence-electron chi connectivity index (χ0n) is 16.8. The van der Waals surface area contributed by atoms with Crippen LogP contribution in [0.2, 0.25) is 0 Å². The fourth-order valence-electron chi connectivity index (χ4n) is 3.19. The van der Waals surface area contributed by atoms with E-state index in [1.54, 1.807) is 11.6 Å². The van der Waals surface area contributed by atoms with E-state index >= 15 is 0 Å². The highest BCUT2D eigenvalue weighted by molar-refractivity contribution is 7.68. The van der Waals surface area contributed by atoms with E-state index in [9.17, 15) is 4.57 Å². The minimum absolute atomic E-state index is 0.438. The average molecular weight is 465 g/mol. The summed E-state index contributed by atoms with van der Waals surface area (Å²) in [5.74, 6) is 3.20. The van der Waals surface area contributed by atoms with E-state index < -0.39 is 7.29 Å². The van der Waals surface area contributed by atoms with Gasteiger partial charge in [0.1, 0.15) is 0 Å². The molecule has 160 valence electrons. The summed E-state index contributed by atoms with van der Waals surface area (Å²) in [7, 11) is -3.11. The van der Waals surface area contributed by atoms with Crippen LogP contribution in [-0.4, -0.2) is 44.3 Å². The molecule has 0 saturated carbocycles. The molecule has 30 heavy (non-hydrogen) atoms. The van der Waals surface area contributed by atoms with E-state index in [1.807, 2.05) is 60.7 Å². The molecule has 1 aliphatic rings. The Morgan fingerprint density at radius 3 is 1.93 bits per heavy atom. The minimum Gasteiger partial charge on any atom is -0.379 e. The number of halogens is 2. The normalized spacial score (nSPS) is 18.2. The van der Waals surface area contributed by atoms with Crippen LogP contribution in [-0.2, 0) is 9.30 Å². The summed E-state index contributed by atoms with van der Waals surface area (Å²) in [4.78, 5) is 2.36. The Morgan fingerprint density at radius 2 is 1.43 bits per heavy atom. The van der Waals surface area contributed by atoms with Gasteiger partial charge in [-0.05, 0) is 24.1 Å². The molecular formula is C23H27Cl2N2O2P. The first kappa shape index (κ1) is 23.3. The maximum Gasteiger partial charge on any atom is 0.193 e. The van der Waals surface area contributed by atoms with Gasteiger partial charge in [-0.3, -0.25) is 14.6 Å². The first-order valence-electron chi connectivity index (χ1n) is 10.1. The Bertz CT molecular complexity index is 838. The molecule has 1 aliphatic heterocycles. The summed E-state index contributed by atoms with van der Waals surface area (Å²) >= 11 is 13.0. The zero-order chi connectivity index (χ0) is 21.2. The lowest BCUT2D eigenvalue weighted by Gasteiger charge is -2.26. The number of hydrogen-bond donors (Lipinski definition) is 1. The van der Waals surface area contributed by atoms with Gasteiger partial charge in [-0.25, -0.2) is 0 Å². The Morgan fingerprint density at radius 1 is 0.933 bits per heavy atom. The van der Waals surface area contributed by atoms with E-state index in [-0.39, 0.29) is 0 Å². The smallest absolute Gasteiger partial charge is 0.193 e. The van der Waals surface area contributed by atoms with Gasteiger partial charge in [-0.1, -0.05) is 83.9 Å². The SMILES string of the molecule is O=P(/C=C(\Cl)c1ccccc1)(/C=C(/Cl)c1ccccc1)NCCCN1CCOCC1. The first-order chi connectivity index (χ1) is 14.6. The van der Waals surface area contributed by atoms with Crippen LogP contribution in [0.15, 0.2) is 72.3 Å². The third-order valence-electron chi connectivity index (χ3n) is 4.82. The number of hydrogen-bond acceptors (Lipinski definition) is 3. The molecule has 1 saturated heterocycles. The standard InChI is InChI=1S/C23H27Cl2N2O2P/c24-22(20-8-3-1-4-9-20)18-30(28,19-23(25)21-10-5-2-6-11-21)26-12-7-13-27-14-16-29-17-15-27/h1-6,8-11,18-19H,7,12-17H2,(H,26,28)/b22-18-,23-19+. The van der Waals surface area contributed by atoms with E-state index in [2.05, 4.69) is 9.99 Å². The van der Waals surface area contributed by atoms with Crippen LogP contribution in [0.3, 0.4) is 0 Å². The van der Waals surface area contributed by atoms with Crippen LogP contribution in [0.1, 0.15) is 17.5 Å². The van der Waals surface area contributed by atoms with Crippen LogP contribution in [0.4, 0.5) is 0 Å². The lowest BCUT2D eigenvalue weighted by Crippen LogP contribution is -2.37. The second-order valence-corrected chi connectivity index (χ2v) is 10.2. The van der Waals surface area contributed by atoms with Crippen molar-refractivity contribution in [3.63, 3.8) is 0 Å². The largest absolute Gasteiger partial charge is 0.379 e. The van der Waals surface area contributed by atoms with Gasteiger partial charge in [0.2, 0.25) is 0 Å². The van der Waals surface area contributed by atoms with Gasteiger partial charge in [0.05, 0.1) is 23.3 Å². The molecule has 1 fully saturated rings. The number of benzene rings is 2. The quantitative estimate of drug-likeness (QED) is 0.362. The number of morpholine rings is 1. The summed E-state index contributed by atoms with van der Waals surface area (Å²) in [5.41, 5.74) is 1.64. The molecule has 0 aliphatic carbocycles. The molecule has 0 radical (unpaired) electrons. The lowest BCUT2D eigenvalue weighted by molar-refractivity contribution is 0.0376. The topological polar surface area (TPSA) is 41.6 Å². The maximum atomic E-state index is 13.8. The molecule has 1 atom stereocenters. The van der Waals surface area contributed by atoms with Gasteiger partial charge < -0.3 is 4.74 Å². The highest BCUT2D eigenvalue weighted by Gasteiger charge is 2.19. The highest BCUT2D eigenvalue weighted by Crippen LogP contribution is 2.50. The van der Waals surface area contributed by atoms with Gasteiger partial charge in [-0.2, -0.15) is 0 Å². The third-order valence-corrected chi connectivity index (χ3v) is 7.78. The summed E-state index contributed by atoms with van der Waals surface area (Å²) in [6, 6.07) is 19.0. The molecule has 4 nitrogen and oxygen atoms in total. The Kier molecular flexibility index (Phi) is 9.20. The van der Waals surface area contributed by atoms with Crippen molar-refractivity contribution in [2.75, 3.05) is 39.4 Å². The number of nitrogens with one attached hydrogen (secondary N) is 1. The van der Waals surface area contributed by atoms with Gasteiger partial charge in [0, 0.05) is 31.3 Å². The molecular weight excluding hydrogens is 438 g/mol. The lowest BCUT2D eigenvalue weighted by atomic mass is 10.2. The molecule has 1 N–H and O–H groups in total. The van der Waals surface area contributed by atoms with Gasteiger partial charge >= 0.3 is 0 Å². The fourth-order valence-corrected chi connectivity index (χ4v) is 6.05. The molecule has 1 unspecified atom stereocenters. The number of nitrogens with zero attached hydrogens (tertiary/aromatic N) is 1. The van der Waals surface area contributed by atoms with Gasteiger partial charge in [0.15, 0.2) is 7.29 Å². The maximum absolute atomic E-state index is 13.8. The molecule has 0 spiro atoms. The van der Waals surface area contributed by atoms with Crippen LogP contribution in [0, 0.1) is 0 Å². The third kappa shape index (κ3) is 7.39. The van der Waals surface area contributed by atoms with Crippen molar-refractivity contribution in [1.82, 2.24) is 9.99 Å². The second-order valence-electron chi connectivity index (χ2n) is 7.11. The van der Waals surface area contributed by atoms with Crippen LogP contribution in [0.25, 0.3) is 10.1 Å². The van der Waals surface area contributed by atoms with Gasteiger partial charge in [-0.15, -0.1) is 0 Å². The molecule has 3 rings (SSSR count). The van der Waals surface area contributed by atoms with Gasteiger partial charge in [0.25, 0.3) is 0 Å². The zero-order valence-corrected chi connectivity index (χ0v) is 19.3. The highest BCUT2D eigenvalue weighted by atomic mass is 35.5. The predicted molar refractivity (Wildman–Crippen MR) is 128 cm³/mol. The van der Waals surface area contributed by atoms with E-state index in [4.69, 9.17) is 27.9 Å². The minimum atomic E-state index is -3.11. The number of ether oxygens (including phenoxy) is 1. The summed E-state index contributed by atoms with van der Waals surface area (Å²) in [6.45, 7) is 4.96. The molecule has 0 bridgehead atoms. The van der Waals surface area contributed by atoms with Crippen molar-refractivity contribution in [2.24, 2.45) is 0 Å². The average Bonchev–Trinajstić information content (AvgIpc) is 2.78. The Labute approximate surface area is 188 Å². The molecule has 2 aromatic carbocycles. The molecule has 2 aromatic rings. The number of rotatable bonds is 9. The van der Waals surface area contributed by atoms with Crippen molar-refractivity contribution >= 4 is 40.6 Å². The van der Waals surface area contributed by atoms with Crippen molar-refractivity contribution in [2.45, 2.75) is 6.42 Å². The fraction of sp³-hybridized carbons (Fsp3) is 0.304. The van der Waals surface area contributed by atoms with Crippen LogP contribution in [0.5, 0.6) is 0 Å². The summed E-state index contributed by atoms with van der Waals surface area (Å²) in [6.07, 6.45) is 0.873. The molecule has 0 amide bonds. The first-order valence-corrected chi connectivity index (χ1v) is 12.7. The Balaban J connectivity index is 1.74. The van der Waals surface area contributed by atoms with E-state index in [0.29, 0.717) is 16.6 Å². The van der Waals surface area contributed by atoms with Crippen molar-refractivity contribution in [3.8, 4) is 0 Å². The molecule has 1 heterocycles. The summed E-state index contributed by atoms with van der Waals surface area (Å²) in [5, 5.41) is 4.09. The van der Waals surface area contributed by atoms with E-state index in [1.165, 1.54) is 0 Å². The predicted octanol–water partition coefficient (Wildman–Crippen LogP) is 6.05.